The summed E-state index contributed by atoms with van der Waals surface area (Å²) in [5.41, 5.74) is 14.2. The van der Waals surface area contributed by atoms with Crippen molar-refractivity contribution >= 4 is 34.0 Å². The zero-order valence-electron chi connectivity index (χ0n) is 33.9. The number of benzene rings is 6. The summed E-state index contributed by atoms with van der Waals surface area (Å²) < 4.78 is 13.4. The molecular formula is C50H54N4O5. The minimum absolute atomic E-state index is 0.00649. The van der Waals surface area contributed by atoms with Crippen LogP contribution >= 0.6 is 0 Å². The number of nitrogen functional groups attached to an aromatic ring is 1. The number of para-hydroxylation sites is 2. The highest BCUT2D eigenvalue weighted by Gasteiger charge is 2.33. The Morgan fingerprint density at radius 2 is 1.46 bits per heavy atom. The molecule has 0 radical (unpaired) electrons. The van der Waals surface area contributed by atoms with Gasteiger partial charge in [-0.1, -0.05) is 121 Å². The highest BCUT2D eigenvalue weighted by Crippen LogP contribution is 2.39. The van der Waals surface area contributed by atoms with E-state index in [9.17, 15) is 14.7 Å². The number of fused-ring (bicyclic) bond motifs is 1. The van der Waals surface area contributed by atoms with E-state index in [1.807, 2.05) is 54.6 Å². The summed E-state index contributed by atoms with van der Waals surface area (Å²) in [5.74, 6) is -0.171. The van der Waals surface area contributed by atoms with Gasteiger partial charge in [-0.3, -0.25) is 14.5 Å². The molecule has 1 aliphatic rings. The van der Waals surface area contributed by atoms with Crippen molar-refractivity contribution in [3.8, 4) is 11.1 Å². The highest BCUT2D eigenvalue weighted by molar-refractivity contribution is 5.93. The minimum Gasteiger partial charge on any atom is -0.397 e. The summed E-state index contributed by atoms with van der Waals surface area (Å²) in [6.07, 6.45) is 1.69. The van der Waals surface area contributed by atoms with Gasteiger partial charge in [-0.05, 0) is 89.2 Å². The SMILES string of the molecule is C[C@H](c1ccc2ccccc2c1)N(C)C[C@H]1C[C@@H](c2ccc(CO)cc2)O[C@@H](c2ccc(-c3ccccc3CNC(=O)CCCCC(=O)Nc3ccccc3N)cc2)O1. The van der Waals surface area contributed by atoms with Crippen molar-refractivity contribution in [3.63, 3.8) is 0 Å². The van der Waals surface area contributed by atoms with Crippen LogP contribution in [0.25, 0.3) is 21.9 Å². The van der Waals surface area contributed by atoms with Gasteiger partial charge in [0.2, 0.25) is 11.8 Å². The number of aliphatic hydroxyl groups is 1. The zero-order valence-corrected chi connectivity index (χ0v) is 33.9. The van der Waals surface area contributed by atoms with Crippen molar-refractivity contribution in [2.75, 3.05) is 24.6 Å². The molecule has 4 atom stereocenters. The van der Waals surface area contributed by atoms with Gasteiger partial charge in [-0.2, -0.15) is 0 Å². The van der Waals surface area contributed by atoms with Crippen LogP contribution in [0.5, 0.6) is 0 Å². The van der Waals surface area contributed by atoms with Gasteiger partial charge >= 0.3 is 0 Å². The van der Waals surface area contributed by atoms with Crippen LogP contribution in [0, 0.1) is 0 Å². The maximum absolute atomic E-state index is 12.8. The average molecular weight is 791 g/mol. The van der Waals surface area contributed by atoms with Crippen molar-refractivity contribution in [2.24, 2.45) is 0 Å². The smallest absolute Gasteiger partial charge is 0.224 e. The number of aliphatic hydroxyl groups excluding tert-OH is 1. The zero-order chi connectivity index (χ0) is 41.1. The first-order valence-electron chi connectivity index (χ1n) is 20.5. The van der Waals surface area contributed by atoms with Crippen molar-refractivity contribution in [2.45, 2.75) is 76.7 Å². The molecule has 0 aromatic heterocycles. The number of carbonyl (C=O) groups is 2. The molecule has 7 rings (SSSR count). The molecule has 6 aromatic rings. The Hall–Kier alpha value is -5.84. The van der Waals surface area contributed by atoms with Crippen LogP contribution in [0.3, 0.4) is 0 Å². The third kappa shape index (κ3) is 10.8. The Balaban J connectivity index is 0.978. The number of unbranched alkanes of at least 4 members (excludes halogenated alkanes) is 1. The number of rotatable bonds is 16. The number of likely N-dealkylation sites (N-methyl/N-ethyl adjacent to an activating group) is 1. The molecule has 304 valence electrons. The number of carbonyl (C=O) groups excluding carboxylic acids is 2. The van der Waals surface area contributed by atoms with Gasteiger partial charge in [0.15, 0.2) is 6.29 Å². The fourth-order valence-corrected chi connectivity index (χ4v) is 7.69. The first-order valence-corrected chi connectivity index (χ1v) is 20.5. The maximum atomic E-state index is 12.8. The Morgan fingerprint density at radius 1 is 0.780 bits per heavy atom. The largest absolute Gasteiger partial charge is 0.397 e. The van der Waals surface area contributed by atoms with Gasteiger partial charge in [-0.15, -0.1) is 0 Å². The molecule has 0 unspecified atom stereocenters. The monoisotopic (exact) mass is 790 g/mol. The molecule has 0 aliphatic carbocycles. The number of amides is 2. The van der Waals surface area contributed by atoms with E-state index in [1.165, 1.54) is 16.3 Å². The van der Waals surface area contributed by atoms with Gasteiger partial charge in [0.1, 0.15) is 0 Å². The normalized spacial score (nSPS) is 17.1. The lowest BCUT2D eigenvalue weighted by molar-refractivity contribution is -0.253. The molecule has 0 saturated carbocycles. The maximum Gasteiger partial charge on any atom is 0.224 e. The lowest BCUT2D eigenvalue weighted by Gasteiger charge is -2.39. The van der Waals surface area contributed by atoms with E-state index in [0.29, 0.717) is 50.0 Å². The first-order chi connectivity index (χ1) is 28.7. The molecule has 9 nitrogen and oxygen atoms in total. The van der Waals surface area contributed by atoms with Gasteiger partial charge in [0, 0.05) is 44.0 Å². The second kappa shape index (κ2) is 19.7. The summed E-state index contributed by atoms with van der Waals surface area (Å²) in [5, 5.41) is 18.0. The van der Waals surface area contributed by atoms with E-state index >= 15 is 0 Å². The van der Waals surface area contributed by atoms with Crippen LogP contribution < -0.4 is 16.4 Å². The molecule has 1 saturated heterocycles. The fraction of sp³-hybridized carbons (Fsp3) is 0.280. The molecule has 1 heterocycles. The van der Waals surface area contributed by atoms with Crippen LogP contribution in [0.2, 0.25) is 0 Å². The second-order valence-electron chi connectivity index (χ2n) is 15.5. The molecular weight excluding hydrogens is 737 g/mol. The Kier molecular flexibility index (Phi) is 13.8. The van der Waals surface area contributed by atoms with Crippen molar-refractivity contribution in [1.29, 1.82) is 0 Å². The van der Waals surface area contributed by atoms with E-state index in [1.54, 1.807) is 12.1 Å². The predicted octanol–water partition coefficient (Wildman–Crippen LogP) is 9.64. The number of ether oxygens (including phenoxy) is 2. The van der Waals surface area contributed by atoms with Crippen LogP contribution in [-0.4, -0.2) is 41.5 Å². The van der Waals surface area contributed by atoms with Gasteiger partial charge in [-0.25, -0.2) is 0 Å². The van der Waals surface area contributed by atoms with Crippen molar-refractivity contribution < 1.29 is 24.2 Å². The molecule has 59 heavy (non-hydrogen) atoms. The van der Waals surface area contributed by atoms with E-state index in [0.717, 1.165) is 39.9 Å². The number of nitrogens with two attached hydrogens (primary N) is 1. The van der Waals surface area contributed by atoms with E-state index in [4.69, 9.17) is 15.2 Å². The van der Waals surface area contributed by atoms with E-state index in [2.05, 4.69) is 102 Å². The molecule has 0 bridgehead atoms. The molecule has 1 aliphatic heterocycles. The highest BCUT2D eigenvalue weighted by atomic mass is 16.7. The molecule has 6 aromatic carbocycles. The number of hydrogen-bond donors (Lipinski definition) is 4. The Morgan fingerprint density at radius 3 is 2.22 bits per heavy atom. The molecule has 5 N–H and O–H groups in total. The van der Waals surface area contributed by atoms with Crippen LogP contribution in [0.15, 0.2) is 140 Å². The quantitative estimate of drug-likeness (QED) is 0.0568. The topological polar surface area (TPSA) is 126 Å². The minimum atomic E-state index is -0.577. The lowest BCUT2D eigenvalue weighted by atomic mass is 9.97. The van der Waals surface area contributed by atoms with Gasteiger partial charge < -0.3 is 30.9 Å². The standard InChI is InChI=1S/C50H54N4O5/c1-34(40-28-23-36-11-3-4-12-41(36)29-40)54(2)32-43-30-47(38-21-19-35(33-55)20-22-38)59-50(58-43)39-26-24-37(25-27-39)44-14-6-5-13-42(44)31-52-48(56)17-9-10-18-49(57)53-46-16-8-7-15-45(46)51/h3-8,11-16,19-29,34,43,47,50,55H,9-10,17-18,30-33,51H2,1-2H3,(H,52,56)(H,53,57)/t34-,43-,47+,50+/m1/s1. The Bertz CT molecular complexity index is 2330. The van der Waals surface area contributed by atoms with Gasteiger partial charge in [0.05, 0.1) is 30.2 Å². The van der Waals surface area contributed by atoms with E-state index in [-0.39, 0.29) is 36.7 Å². The predicted molar refractivity (Wildman–Crippen MR) is 235 cm³/mol. The Labute approximate surface area is 347 Å². The molecule has 2 amide bonds. The number of hydrogen-bond acceptors (Lipinski definition) is 7. The lowest BCUT2D eigenvalue weighted by Crippen LogP contribution is -2.38. The number of anilines is 2. The third-order valence-electron chi connectivity index (χ3n) is 11.3. The van der Waals surface area contributed by atoms with Crippen LogP contribution in [-0.2, 0) is 32.2 Å². The summed E-state index contributed by atoms with van der Waals surface area (Å²) in [7, 11) is 2.15. The molecule has 9 heteroatoms. The molecule has 1 fully saturated rings. The van der Waals surface area contributed by atoms with Crippen molar-refractivity contribution in [3.05, 3.63) is 167 Å². The fourth-order valence-electron chi connectivity index (χ4n) is 7.69. The second-order valence-corrected chi connectivity index (χ2v) is 15.5. The van der Waals surface area contributed by atoms with Crippen molar-refractivity contribution in [1.82, 2.24) is 10.2 Å². The first kappa shape index (κ1) is 41.3. The summed E-state index contributed by atoms with van der Waals surface area (Å²) in [6, 6.07) is 46.8. The van der Waals surface area contributed by atoms with Crippen LogP contribution in [0.1, 0.15) is 85.3 Å². The summed E-state index contributed by atoms with van der Waals surface area (Å²) in [4.78, 5) is 27.5. The van der Waals surface area contributed by atoms with Gasteiger partial charge in [0.25, 0.3) is 0 Å². The number of nitrogens with zero attached hydrogens (tertiary/aromatic N) is 1. The molecule has 0 spiro atoms. The third-order valence-corrected chi connectivity index (χ3v) is 11.3. The average Bonchev–Trinajstić information content (AvgIpc) is 3.27. The summed E-state index contributed by atoms with van der Waals surface area (Å²) in [6.45, 7) is 3.34. The van der Waals surface area contributed by atoms with Crippen LogP contribution in [0.4, 0.5) is 11.4 Å². The van der Waals surface area contributed by atoms with E-state index < -0.39 is 6.29 Å². The number of nitrogens with one attached hydrogen (secondary N) is 2. The summed E-state index contributed by atoms with van der Waals surface area (Å²) >= 11 is 0.